The number of phenols is 1. The molecule has 0 aliphatic carbocycles. The van der Waals surface area contributed by atoms with Gasteiger partial charge in [-0.15, -0.1) is 0 Å². The summed E-state index contributed by atoms with van der Waals surface area (Å²) in [7, 11) is 0. The molecule has 0 saturated heterocycles. The zero-order valence-electron chi connectivity index (χ0n) is 12.5. The minimum atomic E-state index is -0.469. The number of aliphatic hydroxyl groups excluding tert-OH is 1. The molecule has 0 radical (unpaired) electrons. The topological polar surface area (TPSA) is 53.4 Å². The third kappa shape index (κ3) is 4.67. The quantitative estimate of drug-likeness (QED) is 0.788. The summed E-state index contributed by atoms with van der Waals surface area (Å²) in [5.41, 5.74) is 1.89. The van der Waals surface area contributed by atoms with Crippen LogP contribution in [0.5, 0.6) is 5.75 Å². The number of allylic oxidation sites excluding steroid dienone is 1. The average molecular weight is 301 g/mol. The molecule has 1 aromatic heterocycles. The highest BCUT2D eigenvalue weighted by molar-refractivity contribution is 5.65. The van der Waals surface area contributed by atoms with Gasteiger partial charge in [-0.25, -0.2) is 4.39 Å². The maximum Gasteiger partial charge on any atom is 0.134 e. The second kappa shape index (κ2) is 7.71. The van der Waals surface area contributed by atoms with Crippen LogP contribution in [0.4, 0.5) is 4.39 Å². The number of hydrogen-bond donors (Lipinski definition) is 2. The second-order valence-electron chi connectivity index (χ2n) is 5.32. The van der Waals surface area contributed by atoms with Gasteiger partial charge in [-0.3, -0.25) is 4.98 Å². The minimum absolute atomic E-state index is 0.0917. The van der Waals surface area contributed by atoms with Gasteiger partial charge in [-0.2, -0.15) is 0 Å². The first kappa shape index (κ1) is 16.2. The molecular weight excluding hydrogens is 281 g/mol. The lowest BCUT2D eigenvalue weighted by Gasteiger charge is -2.04. The summed E-state index contributed by atoms with van der Waals surface area (Å²) in [6, 6.07) is 7.71. The predicted octanol–water partition coefficient (Wildman–Crippen LogP) is 4.16. The van der Waals surface area contributed by atoms with E-state index < -0.39 is 5.82 Å². The van der Waals surface area contributed by atoms with E-state index in [1.165, 1.54) is 12.1 Å². The van der Waals surface area contributed by atoms with Gasteiger partial charge in [0.2, 0.25) is 0 Å². The summed E-state index contributed by atoms with van der Waals surface area (Å²) in [5.74, 6) is -0.561. The lowest BCUT2D eigenvalue weighted by atomic mass is 10.1. The van der Waals surface area contributed by atoms with Gasteiger partial charge >= 0.3 is 0 Å². The van der Waals surface area contributed by atoms with Crippen LogP contribution in [0.2, 0.25) is 0 Å². The highest BCUT2D eigenvalue weighted by Gasteiger charge is 2.06. The number of pyridine rings is 1. The van der Waals surface area contributed by atoms with E-state index in [1.807, 2.05) is 18.2 Å². The predicted molar refractivity (Wildman–Crippen MR) is 85.9 cm³/mol. The molecule has 2 N–H and O–H groups in total. The highest BCUT2D eigenvalue weighted by atomic mass is 19.1. The number of aromatic nitrogens is 1. The number of unbranched alkanes of at least 4 members (excludes halogenated alkanes) is 1. The van der Waals surface area contributed by atoms with Crippen LogP contribution in [0.25, 0.3) is 17.2 Å². The van der Waals surface area contributed by atoms with Crippen molar-refractivity contribution < 1.29 is 14.6 Å². The van der Waals surface area contributed by atoms with Gasteiger partial charge in [-0.1, -0.05) is 12.1 Å². The monoisotopic (exact) mass is 301 g/mol. The first-order valence-corrected chi connectivity index (χ1v) is 7.36. The molecule has 1 atom stereocenters. The van der Waals surface area contributed by atoms with Gasteiger partial charge in [0.1, 0.15) is 11.6 Å². The summed E-state index contributed by atoms with van der Waals surface area (Å²) in [4.78, 5) is 4.29. The molecule has 0 spiro atoms. The summed E-state index contributed by atoms with van der Waals surface area (Å²) in [6.45, 7) is 1.78. The van der Waals surface area contributed by atoms with Gasteiger partial charge in [-0.05, 0) is 50.5 Å². The lowest BCUT2D eigenvalue weighted by molar-refractivity contribution is 0.182. The SMILES string of the molecule is CC(O)CCC/C=C/c1ccc(-c2ccc(O)cc2F)cn1. The molecule has 2 aromatic rings. The fourth-order valence-electron chi connectivity index (χ4n) is 2.14. The Morgan fingerprint density at radius 3 is 2.73 bits per heavy atom. The summed E-state index contributed by atoms with van der Waals surface area (Å²) >= 11 is 0. The highest BCUT2D eigenvalue weighted by Crippen LogP contribution is 2.25. The Morgan fingerprint density at radius 1 is 1.27 bits per heavy atom. The second-order valence-corrected chi connectivity index (χ2v) is 5.32. The molecule has 4 heteroatoms. The Balaban J connectivity index is 1.99. The van der Waals surface area contributed by atoms with E-state index >= 15 is 0 Å². The lowest BCUT2D eigenvalue weighted by Crippen LogP contribution is -1.97. The van der Waals surface area contributed by atoms with Gasteiger partial charge in [0.15, 0.2) is 0 Å². The first-order chi connectivity index (χ1) is 10.6. The molecule has 0 bridgehead atoms. The molecule has 0 saturated carbocycles. The molecule has 1 unspecified atom stereocenters. The van der Waals surface area contributed by atoms with Crippen molar-refractivity contribution in [1.29, 1.82) is 0 Å². The van der Waals surface area contributed by atoms with E-state index in [-0.39, 0.29) is 11.9 Å². The number of rotatable bonds is 6. The van der Waals surface area contributed by atoms with Gasteiger partial charge in [0, 0.05) is 23.4 Å². The van der Waals surface area contributed by atoms with Gasteiger partial charge in [0.05, 0.1) is 11.8 Å². The molecule has 0 aliphatic rings. The van der Waals surface area contributed by atoms with Crippen LogP contribution in [0.1, 0.15) is 31.9 Å². The largest absolute Gasteiger partial charge is 0.508 e. The van der Waals surface area contributed by atoms with Crippen molar-refractivity contribution in [3.8, 4) is 16.9 Å². The molecule has 0 amide bonds. The van der Waals surface area contributed by atoms with E-state index in [0.717, 1.165) is 31.0 Å². The van der Waals surface area contributed by atoms with Crippen molar-refractivity contribution in [3.63, 3.8) is 0 Å². The van der Waals surface area contributed by atoms with Crippen LogP contribution in [-0.4, -0.2) is 21.3 Å². The fraction of sp³-hybridized carbons (Fsp3) is 0.278. The Morgan fingerprint density at radius 2 is 2.09 bits per heavy atom. The van der Waals surface area contributed by atoms with Crippen LogP contribution in [0.15, 0.2) is 42.6 Å². The van der Waals surface area contributed by atoms with E-state index in [4.69, 9.17) is 5.11 Å². The van der Waals surface area contributed by atoms with Crippen LogP contribution >= 0.6 is 0 Å². The molecule has 0 fully saturated rings. The third-order valence-electron chi connectivity index (χ3n) is 3.33. The van der Waals surface area contributed by atoms with E-state index in [9.17, 15) is 9.50 Å². The Labute approximate surface area is 129 Å². The summed E-state index contributed by atoms with van der Waals surface area (Å²) in [5, 5.41) is 18.4. The summed E-state index contributed by atoms with van der Waals surface area (Å²) in [6.07, 6.45) is 7.91. The minimum Gasteiger partial charge on any atom is -0.508 e. The number of halogens is 1. The third-order valence-corrected chi connectivity index (χ3v) is 3.33. The number of benzene rings is 1. The number of hydrogen-bond acceptors (Lipinski definition) is 3. The van der Waals surface area contributed by atoms with Crippen LogP contribution in [0, 0.1) is 5.82 Å². The molecule has 1 aromatic carbocycles. The Kier molecular flexibility index (Phi) is 5.67. The van der Waals surface area contributed by atoms with E-state index in [1.54, 1.807) is 19.2 Å². The van der Waals surface area contributed by atoms with Crippen LogP contribution in [-0.2, 0) is 0 Å². The number of aromatic hydroxyl groups is 1. The van der Waals surface area contributed by atoms with Crippen molar-refractivity contribution >= 4 is 6.08 Å². The van der Waals surface area contributed by atoms with Gasteiger partial charge in [0.25, 0.3) is 0 Å². The Hall–Kier alpha value is -2.20. The van der Waals surface area contributed by atoms with Crippen LogP contribution in [0.3, 0.4) is 0 Å². The molecule has 2 rings (SSSR count). The number of phenolic OH excluding ortho intramolecular Hbond substituents is 1. The Bertz CT molecular complexity index is 636. The maximum atomic E-state index is 13.8. The van der Waals surface area contributed by atoms with E-state index in [0.29, 0.717) is 11.1 Å². The zero-order valence-corrected chi connectivity index (χ0v) is 12.5. The molecule has 0 aliphatic heterocycles. The average Bonchev–Trinajstić information content (AvgIpc) is 2.47. The first-order valence-electron chi connectivity index (χ1n) is 7.36. The maximum absolute atomic E-state index is 13.8. The van der Waals surface area contributed by atoms with Crippen molar-refractivity contribution in [2.75, 3.05) is 0 Å². The zero-order chi connectivity index (χ0) is 15.9. The molecular formula is C18H20FNO2. The summed E-state index contributed by atoms with van der Waals surface area (Å²) < 4.78 is 13.8. The van der Waals surface area contributed by atoms with Crippen molar-refractivity contribution in [2.24, 2.45) is 0 Å². The van der Waals surface area contributed by atoms with Gasteiger partial charge < -0.3 is 10.2 Å². The molecule has 3 nitrogen and oxygen atoms in total. The van der Waals surface area contributed by atoms with Crippen molar-refractivity contribution in [1.82, 2.24) is 4.98 Å². The fourth-order valence-corrected chi connectivity index (χ4v) is 2.14. The van der Waals surface area contributed by atoms with Crippen molar-refractivity contribution in [3.05, 3.63) is 54.1 Å². The molecule has 22 heavy (non-hydrogen) atoms. The molecule has 116 valence electrons. The standard InChI is InChI=1S/C18H20FNO2/c1-13(21)5-3-2-4-6-15-8-7-14(12-20-15)17-10-9-16(22)11-18(17)19/h4,6-13,21-22H,2-3,5H2,1H3/b6-4+. The molecule has 1 heterocycles. The number of nitrogens with zero attached hydrogens (tertiary/aromatic N) is 1. The normalized spacial score (nSPS) is 12.7. The smallest absolute Gasteiger partial charge is 0.134 e. The van der Waals surface area contributed by atoms with Crippen molar-refractivity contribution in [2.45, 2.75) is 32.3 Å². The number of aliphatic hydroxyl groups is 1. The van der Waals surface area contributed by atoms with Crippen LogP contribution < -0.4 is 0 Å². The van der Waals surface area contributed by atoms with E-state index in [2.05, 4.69) is 4.98 Å².